The van der Waals surface area contributed by atoms with Crippen molar-refractivity contribution in [2.24, 2.45) is 0 Å². The van der Waals surface area contributed by atoms with Gasteiger partial charge >= 0.3 is 0 Å². The Morgan fingerprint density at radius 1 is 0.892 bits per heavy atom. The van der Waals surface area contributed by atoms with Crippen molar-refractivity contribution in [2.75, 3.05) is 19.1 Å². The zero-order valence-corrected chi connectivity index (χ0v) is 23.5. The molecule has 3 aromatic carbocycles. The maximum Gasteiger partial charge on any atom is 0.155 e. The second-order valence-corrected chi connectivity index (χ2v) is 7.79. The molecule has 0 bridgehead atoms. The van der Waals surface area contributed by atoms with E-state index in [4.69, 9.17) is 14.6 Å². The van der Waals surface area contributed by atoms with Crippen LogP contribution in [0.5, 0.6) is 11.5 Å². The molecule has 6 nitrogen and oxygen atoms in total. The number of aliphatic hydroxyl groups excluding tert-OH is 1. The largest absolute Gasteiger partial charge is 0.540 e. The predicted molar refractivity (Wildman–Crippen MR) is 143 cm³/mol. The van der Waals surface area contributed by atoms with E-state index in [1.54, 1.807) is 26.5 Å². The zero-order chi connectivity index (χ0) is 25.9. The Labute approximate surface area is 231 Å². The van der Waals surface area contributed by atoms with Crippen molar-refractivity contribution in [2.45, 2.75) is 13.8 Å². The van der Waals surface area contributed by atoms with Crippen LogP contribution >= 0.6 is 0 Å². The van der Waals surface area contributed by atoms with E-state index in [0.29, 0.717) is 11.5 Å². The number of hydrogen-bond acceptors (Lipinski definition) is 6. The van der Waals surface area contributed by atoms with E-state index in [1.165, 1.54) is 19.9 Å². The third kappa shape index (κ3) is 8.31. The first kappa shape index (κ1) is 29.3. The minimum Gasteiger partial charge on any atom is -0.540 e. The van der Waals surface area contributed by atoms with Gasteiger partial charge in [0, 0.05) is 60.9 Å². The van der Waals surface area contributed by atoms with Gasteiger partial charge in [-0.2, -0.15) is 0 Å². The van der Waals surface area contributed by atoms with E-state index < -0.39 is 0 Å². The first-order valence-electron chi connectivity index (χ1n) is 11.3. The number of carbonyl (C=O) groups excluding carboxylic acids is 1. The standard InChI is InChI=1S/C25H21N2O2.C5H8O2.Ir/c1-28-22-13-14-23(25(18-22)29-2)24-17-21(15-16-26-24)27(19-9-5-3-6-10-19)20-11-7-4-8-12-20;1-4(6)3-5(2)7;/h3-13,15-18H,1-2H3;3,6H,1-2H3;/q-1;;/b;4-3-;. The molecule has 0 spiro atoms. The van der Waals surface area contributed by atoms with Gasteiger partial charge in [-0.05, 0) is 49.9 Å². The number of nitrogens with zero attached hydrogens (tertiary/aromatic N) is 2. The minimum absolute atomic E-state index is 0. The van der Waals surface area contributed by atoms with Gasteiger partial charge in [-0.3, -0.25) is 4.79 Å². The van der Waals surface area contributed by atoms with Crippen molar-refractivity contribution in [1.82, 2.24) is 4.98 Å². The molecule has 0 atom stereocenters. The average molecular weight is 674 g/mol. The van der Waals surface area contributed by atoms with E-state index in [1.807, 2.05) is 54.6 Å². The Balaban J connectivity index is 0.000000532. The Bertz CT molecular complexity index is 1270. The molecule has 0 unspecified atom stereocenters. The van der Waals surface area contributed by atoms with Gasteiger partial charge in [0.1, 0.15) is 0 Å². The fraction of sp³-hybridized carbons (Fsp3) is 0.133. The fourth-order valence-corrected chi connectivity index (χ4v) is 3.53. The maximum absolute atomic E-state index is 10.0. The normalized spacial score (nSPS) is 10.3. The second kappa shape index (κ2) is 14.6. The van der Waals surface area contributed by atoms with Crippen molar-refractivity contribution >= 4 is 22.8 Å². The first-order valence-corrected chi connectivity index (χ1v) is 11.3. The first-order chi connectivity index (χ1) is 17.4. The van der Waals surface area contributed by atoms with Crippen molar-refractivity contribution in [1.29, 1.82) is 0 Å². The van der Waals surface area contributed by atoms with Crippen molar-refractivity contribution in [3.63, 3.8) is 0 Å². The summed E-state index contributed by atoms with van der Waals surface area (Å²) >= 11 is 0. The third-order valence-corrected chi connectivity index (χ3v) is 5.03. The second-order valence-electron chi connectivity index (χ2n) is 7.79. The molecule has 0 aliphatic heterocycles. The summed E-state index contributed by atoms with van der Waals surface area (Å²) in [5, 5.41) is 8.36. The van der Waals surface area contributed by atoms with Gasteiger partial charge in [0.25, 0.3) is 0 Å². The number of carbonyl (C=O) groups is 1. The molecule has 193 valence electrons. The molecule has 0 aliphatic carbocycles. The molecule has 0 fully saturated rings. The number of rotatable bonds is 7. The van der Waals surface area contributed by atoms with Gasteiger partial charge in [0.2, 0.25) is 0 Å². The topological polar surface area (TPSA) is 71.9 Å². The predicted octanol–water partition coefficient (Wildman–Crippen LogP) is 7.07. The van der Waals surface area contributed by atoms with E-state index in [9.17, 15) is 4.79 Å². The molecule has 1 N–H and O–H groups in total. The molecule has 4 rings (SSSR count). The van der Waals surface area contributed by atoms with E-state index in [0.717, 1.165) is 28.3 Å². The van der Waals surface area contributed by atoms with Crippen LogP contribution in [0.1, 0.15) is 13.8 Å². The number of para-hydroxylation sites is 2. The zero-order valence-electron chi connectivity index (χ0n) is 21.1. The van der Waals surface area contributed by atoms with Crippen LogP contribution in [-0.4, -0.2) is 30.1 Å². The number of pyridine rings is 1. The molecule has 7 heteroatoms. The van der Waals surface area contributed by atoms with Crippen LogP contribution in [0.3, 0.4) is 0 Å². The van der Waals surface area contributed by atoms with E-state index in [2.05, 4.69) is 40.2 Å². The summed E-state index contributed by atoms with van der Waals surface area (Å²) in [5.74, 6) is 1.30. The molecule has 1 aromatic heterocycles. The van der Waals surface area contributed by atoms with Crippen LogP contribution in [0.4, 0.5) is 17.1 Å². The van der Waals surface area contributed by atoms with Gasteiger partial charge < -0.3 is 24.5 Å². The number of aliphatic hydroxyl groups is 1. The molecule has 1 heterocycles. The third-order valence-electron chi connectivity index (χ3n) is 5.03. The molecule has 0 saturated heterocycles. The number of benzene rings is 3. The van der Waals surface area contributed by atoms with Gasteiger partial charge in [-0.15, -0.1) is 12.1 Å². The number of hydrogen-bond donors (Lipinski definition) is 1. The maximum atomic E-state index is 10.0. The molecule has 0 aliphatic rings. The SMILES string of the molecule is CC(=O)/C=C(/C)O.COc1c[c-]c(-c2cc(N(c3ccccc3)c3ccccc3)ccn2)c(OC)c1.[Ir]. The molecular weight excluding hydrogens is 645 g/mol. The fourth-order valence-electron chi connectivity index (χ4n) is 3.53. The Morgan fingerprint density at radius 2 is 1.49 bits per heavy atom. The van der Waals surface area contributed by atoms with Crippen LogP contribution in [0.25, 0.3) is 11.3 Å². The van der Waals surface area contributed by atoms with Crippen LogP contribution in [0, 0.1) is 6.07 Å². The number of methoxy groups -OCH3 is 2. The summed E-state index contributed by atoms with van der Waals surface area (Å²) in [5.41, 5.74) is 4.71. The molecule has 37 heavy (non-hydrogen) atoms. The van der Waals surface area contributed by atoms with E-state index >= 15 is 0 Å². The summed E-state index contributed by atoms with van der Waals surface area (Å²) in [6.07, 6.45) is 2.97. The molecule has 0 amide bonds. The monoisotopic (exact) mass is 674 g/mol. The molecule has 4 aromatic rings. The summed E-state index contributed by atoms with van der Waals surface area (Å²) in [6.45, 7) is 2.85. The van der Waals surface area contributed by atoms with Gasteiger partial charge in [0.15, 0.2) is 5.78 Å². The number of ketones is 1. The van der Waals surface area contributed by atoms with Gasteiger partial charge in [-0.25, -0.2) is 0 Å². The van der Waals surface area contributed by atoms with Crippen molar-refractivity contribution < 1.29 is 39.5 Å². The number of aromatic nitrogens is 1. The van der Waals surface area contributed by atoms with Crippen LogP contribution < -0.4 is 14.4 Å². The quantitative estimate of drug-likeness (QED) is 0.129. The Kier molecular flexibility index (Phi) is 11.6. The van der Waals surface area contributed by atoms with Crippen molar-refractivity contribution in [3.8, 4) is 22.8 Å². The Morgan fingerprint density at radius 3 is 1.95 bits per heavy atom. The van der Waals surface area contributed by atoms with Gasteiger partial charge in [0.05, 0.1) is 20.0 Å². The number of allylic oxidation sites excluding steroid dienone is 2. The van der Waals surface area contributed by atoms with Crippen molar-refractivity contribution in [3.05, 3.63) is 109 Å². The van der Waals surface area contributed by atoms with Gasteiger partial charge in [-0.1, -0.05) is 54.1 Å². The minimum atomic E-state index is -0.125. The Hall–Kier alpha value is -3.93. The molecular formula is C30H29IrN2O4-. The van der Waals surface area contributed by atoms with E-state index in [-0.39, 0.29) is 31.6 Å². The number of anilines is 3. The molecule has 0 saturated carbocycles. The summed E-state index contributed by atoms with van der Waals surface area (Å²) in [6, 6.07) is 31.4. The van der Waals surface area contributed by atoms with Crippen LogP contribution in [0.2, 0.25) is 0 Å². The summed E-state index contributed by atoms with van der Waals surface area (Å²) < 4.78 is 10.8. The number of ether oxygens (including phenoxy) is 2. The molecule has 1 radical (unpaired) electrons. The summed E-state index contributed by atoms with van der Waals surface area (Å²) in [7, 11) is 3.26. The average Bonchev–Trinajstić information content (AvgIpc) is 2.89. The summed E-state index contributed by atoms with van der Waals surface area (Å²) in [4.78, 5) is 16.8. The smallest absolute Gasteiger partial charge is 0.155 e. The van der Waals surface area contributed by atoms with Crippen LogP contribution in [0.15, 0.2) is 103 Å². The van der Waals surface area contributed by atoms with Crippen LogP contribution in [-0.2, 0) is 24.9 Å².